The number of rotatable bonds is 5. The number of carboxylic acid groups (broad SMARTS) is 1. The Morgan fingerprint density at radius 1 is 1.50 bits per heavy atom. The lowest BCUT2D eigenvalue weighted by Gasteiger charge is -2.09. The molecular formula is C11H17BrN2O2. The van der Waals surface area contributed by atoms with Gasteiger partial charge in [0.1, 0.15) is 12.6 Å². The largest absolute Gasteiger partial charge is 1.00 e. The van der Waals surface area contributed by atoms with Gasteiger partial charge < -0.3 is 27.4 Å². The van der Waals surface area contributed by atoms with Crippen LogP contribution in [0.2, 0.25) is 0 Å². The molecule has 0 saturated heterocycles. The van der Waals surface area contributed by atoms with E-state index >= 15 is 0 Å². The quantitative estimate of drug-likeness (QED) is 0.634. The molecule has 2 N–H and O–H groups in total. The third kappa shape index (κ3) is 4.61. The standard InChI is InChI=1S/C11H16N2O2.BrH/c1-3-6-13-7-4-10(5-8-13)12-9(2)11(14)15;/h4-5,7-9H,3,6H2,1-2H3,(H,14,15);1H/t9-;/m1./s1. The highest BCUT2D eigenvalue weighted by molar-refractivity contribution is 5.76. The molecule has 5 heteroatoms. The van der Waals surface area contributed by atoms with Crippen molar-refractivity contribution < 1.29 is 31.4 Å². The maximum Gasteiger partial charge on any atom is 0.325 e. The van der Waals surface area contributed by atoms with Crippen LogP contribution in [0.1, 0.15) is 20.3 Å². The second-order valence-corrected chi connectivity index (χ2v) is 3.53. The highest BCUT2D eigenvalue weighted by Gasteiger charge is 2.10. The van der Waals surface area contributed by atoms with Gasteiger partial charge >= 0.3 is 5.97 Å². The van der Waals surface area contributed by atoms with Gasteiger partial charge in [-0.15, -0.1) is 0 Å². The Bertz CT molecular complexity index is 327. The third-order valence-corrected chi connectivity index (χ3v) is 2.13. The molecular weight excluding hydrogens is 272 g/mol. The Balaban J connectivity index is 0.00000225. The van der Waals surface area contributed by atoms with Crippen LogP contribution in [0.5, 0.6) is 0 Å². The molecule has 1 rings (SSSR count). The number of carboxylic acids is 1. The molecule has 0 aliphatic carbocycles. The molecule has 1 heterocycles. The van der Waals surface area contributed by atoms with Crippen molar-refractivity contribution >= 4 is 11.7 Å². The average molecular weight is 289 g/mol. The topological polar surface area (TPSA) is 53.2 Å². The minimum atomic E-state index is -0.847. The van der Waals surface area contributed by atoms with Crippen LogP contribution in [0.25, 0.3) is 0 Å². The molecule has 0 bridgehead atoms. The number of halogens is 1. The first-order valence-electron chi connectivity index (χ1n) is 5.12. The molecule has 0 radical (unpaired) electrons. The van der Waals surface area contributed by atoms with Crippen molar-refractivity contribution in [1.82, 2.24) is 0 Å². The highest BCUT2D eigenvalue weighted by Crippen LogP contribution is 2.04. The van der Waals surface area contributed by atoms with Gasteiger partial charge in [-0.05, 0) is 6.92 Å². The molecule has 0 aliphatic heterocycles. The van der Waals surface area contributed by atoms with Crippen LogP contribution in [0.3, 0.4) is 0 Å². The predicted molar refractivity (Wildman–Crippen MR) is 57.6 cm³/mol. The van der Waals surface area contributed by atoms with Gasteiger partial charge in [-0.25, -0.2) is 4.57 Å². The molecule has 0 spiro atoms. The Kier molecular flexibility index (Phi) is 6.72. The number of hydrogen-bond donors (Lipinski definition) is 2. The van der Waals surface area contributed by atoms with E-state index in [-0.39, 0.29) is 17.0 Å². The van der Waals surface area contributed by atoms with Gasteiger partial charge in [0.05, 0.1) is 0 Å². The zero-order valence-electron chi connectivity index (χ0n) is 9.48. The van der Waals surface area contributed by atoms with Gasteiger partial charge in [0, 0.05) is 24.2 Å². The second kappa shape index (κ2) is 7.22. The van der Waals surface area contributed by atoms with E-state index in [1.807, 2.05) is 24.5 Å². The molecule has 0 aromatic carbocycles. The summed E-state index contributed by atoms with van der Waals surface area (Å²) in [4.78, 5) is 10.6. The predicted octanol–water partition coefficient (Wildman–Crippen LogP) is -1.73. The van der Waals surface area contributed by atoms with Crippen LogP contribution in [0, 0.1) is 0 Å². The summed E-state index contributed by atoms with van der Waals surface area (Å²) in [7, 11) is 0. The number of nitrogens with zero attached hydrogens (tertiary/aromatic N) is 1. The van der Waals surface area contributed by atoms with Crippen molar-refractivity contribution in [2.75, 3.05) is 5.32 Å². The Hall–Kier alpha value is -1.10. The number of nitrogens with one attached hydrogen (secondary N) is 1. The number of hydrogen-bond acceptors (Lipinski definition) is 2. The molecule has 0 aliphatic rings. The van der Waals surface area contributed by atoms with E-state index < -0.39 is 12.0 Å². The van der Waals surface area contributed by atoms with Gasteiger partial charge in [-0.3, -0.25) is 4.79 Å². The number of anilines is 1. The van der Waals surface area contributed by atoms with Crippen LogP contribution in [0.15, 0.2) is 24.5 Å². The average Bonchev–Trinajstić information content (AvgIpc) is 2.21. The van der Waals surface area contributed by atoms with Crippen molar-refractivity contribution in [2.45, 2.75) is 32.9 Å². The molecule has 0 unspecified atom stereocenters. The van der Waals surface area contributed by atoms with Crippen molar-refractivity contribution in [2.24, 2.45) is 0 Å². The number of aryl methyl sites for hydroxylation is 1. The molecule has 16 heavy (non-hydrogen) atoms. The summed E-state index contributed by atoms with van der Waals surface area (Å²) in [6.45, 7) is 4.72. The molecule has 1 aromatic heterocycles. The molecule has 90 valence electrons. The summed E-state index contributed by atoms with van der Waals surface area (Å²) >= 11 is 0. The number of pyridine rings is 1. The van der Waals surface area contributed by atoms with Crippen LogP contribution in [-0.2, 0) is 11.3 Å². The van der Waals surface area contributed by atoms with Crippen LogP contribution >= 0.6 is 0 Å². The molecule has 0 amide bonds. The smallest absolute Gasteiger partial charge is 0.325 e. The fourth-order valence-corrected chi connectivity index (χ4v) is 1.27. The summed E-state index contributed by atoms with van der Waals surface area (Å²) in [6, 6.07) is 3.21. The first kappa shape index (κ1) is 14.9. The maximum atomic E-state index is 10.6. The summed E-state index contributed by atoms with van der Waals surface area (Å²) in [5.41, 5.74) is 0.831. The van der Waals surface area contributed by atoms with Crippen LogP contribution < -0.4 is 26.9 Å². The fraction of sp³-hybridized carbons (Fsp3) is 0.455. The monoisotopic (exact) mass is 288 g/mol. The summed E-state index contributed by atoms with van der Waals surface area (Å²) in [5, 5.41) is 11.6. The lowest BCUT2D eigenvalue weighted by molar-refractivity contribution is -0.696. The van der Waals surface area contributed by atoms with Crippen molar-refractivity contribution in [3.05, 3.63) is 24.5 Å². The number of carbonyl (C=O) groups is 1. The van der Waals surface area contributed by atoms with Crippen LogP contribution in [0.4, 0.5) is 5.69 Å². The summed E-state index contributed by atoms with van der Waals surface area (Å²) in [5.74, 6) is -0.847. The summed E-state index contributed by atoms with van der Waals surface area (Å²) in [6.07, 6.45) is 4.98. The fourth-order valence-electron chi connectivity index (χ4n) is 1.27. The van der Waals surface area contributed by atoms with Gasteiger partial charge in [0.15, 0.2) is 12.4 Å². The van der Waals surface area contributed by atoms with Gasteiger partial charge in [0.2, 0.25) is 0 Å². The zero-order chi connectivity index (χ0) is 11.3. The van der Waals surface area contributed by atoms with E-state index in [1.165, 1.54) is 0 Å². The highest BCUT2D eigenvalue weighted by atomic mass is 79.9. The third-order valence-electron chi connectivity index (χ3n) is 2.13. The van der Waals surface area contributed by atoms with E-state index in [2.05, 4.69) is 16.8 Å². The Labute approximate surface area is 106 Å². The lowest BCUT2D eigenvalue weighted by atomic mass is 10.3. The molecule has 0 saturated carbocycles. The Morgan fingerprint density at radius 3 is 2.50 bits per heavy atom. The van der Waals surface area contributed by atoms with Crippen LogP contribution in [-0.4, -0.2) is 17.1 Å². The molecule has 1 aromatic rings. The molecule has 4 nitrogen and oxygen atoms in total. The maximum absolute atomic E-state index is 10.6. The summed E-state index contributed by atoms with van der Waals surface area (Å²) < 4.78 is 2.07. The van der Waals surface area contributed by atoms with Gasteiger partial charge in [-0.2, -0.15) is 0 Å². The van der Waals surface area contributed by atoms with Gasteiger partial charge in [-0.1, -0.05) is 6.92 Å². The van der Waals surface area contributed by atoms with Crippen molar-refractivity contribution in [3.8, 4) is 0 Å². The SMILES string of the molecule is CCC[n+]1ccc(N[C@H](C)C(=O)O)cc1.[Br-]. The Morgan fingerprint density at radius 2 is 2.06 bits per heavy atom. The normalized spacial score (nSPS) is 11.4. The van der Waals surface area contributed by atoms with Crippen molar-refractivity contribution in [1.29, 1.82) is 0 Å². The second-order valence-electron chi connectivity index (χ2n) is 3.53. The minimum Gasteiger partial charge on any atom is -1.00 e. The van der Waals surface area contributed by atoms with E-state index in [0.717, 1.165) is 18.7 Å². The van der Waals surface area contributed by atoms with Gasteiger partial charge in [0.25, 0.3) is 0 Å². The van der Waals surface area contributed by atoms with Crippen molar-refractivity contribution in [3.63, 3.8) is 0 Å². The minimum absolute atomic E-state index is 0. The van der Waals surface area contributed by atoms with E-state index in [9.17, 15) is 4.79 Å². The number of aromatic nitrogens is 1. The lowest BCUT2D eigenvalue weighted by Crippen LogP contribution is -3.00. The zero-order valence-corrected chi connectivity index (χ0v) is 11.1. The molecule has 0 fully saturated rings. The number of aliphatic carboxylic acids is 1. The van der Waals surface area contributed by atoms with E-state index in [0.29, 0.717) is 0 Å². The van der Waals surface area contributed by atoms with E-state index in [1.54, 1.807) is 6.92 Å². The molecule has 1 atom stereocenters. The first-order valence-corrected chi connectivity index (χ1v) is 5.12. The van der Waals surface area contributed by atoms with E-state index in [4.69, 9.17) is 5.11 Å². The first-order chi connectivity index (χ1) is 7.13.